The molecule has 2 aromatic rings. The van der Waals surface area contributed by atoms with Gasteiger partial charge in [0.2, 0.25) is 0 Å². The van der Waals surface area contributed by atoms with Crippen LogP contribution in [0.1, 0.15) is 36.5 Å². The molecular weight excluding hydrogens is 236 g/mol. The molecule has 0 radical (unpaired) electrons. The highest BCUT2D eigenvalue weighted by molar-refractivity contribution is 5.41. The Morgan fingerprint density at radius 1 is 1.21 bits per heavy atom. The Kier molecular flexibility index (Phi) is 4.17. The summed E-state index contributed by atoms with van der Waals surface area (Å²) in [6.07, 6.45) is 3.46. The Balaban J connectivity index is 2.29. The number of benzene rings is 1. The zero-order chi connectivity index (χ0) is 13.8. The van der Waals surface area contributed by atoms with E-state index >= 15 is 0 Å². The maximum atomic E-state index is 5.92. The summed E-state index contributed by atoms with van der Waals surface area (Å²) >= 11 is 0. The highest BCUT2D eigenvalue weighted by atomic mass is 16.5. The van der Waals surface area contributed by atoms with Crippen molar-refractivity contribution in [2.45, 2.75) is 33.2 Å². The van der Waals surface area contributed by atoms with Gasteiger partial charge in [0.05, 0.1) is 6.20 Å². The van der Waals surface area contributed by atoms with E-state index in [2.05, 4.69) is 37.0 Å². The van der Waals surface area contributed by atoms with Crippen molar-refractivity contribution in [1.82, 2.24) is 4.98 Å². The molecule has 3 nitrogen and oxygen atoms in total. The lowest BCUT2D eigenvalue weighted by molar-refractivity contribution is 0.474. The number of hydrogen-bond acceptors (Lipinski definition) is 3. The zero-order valence-electron chi connectivity index (χ0n) is 11.7. The first-order valence-corrected chi connectivity index (χ1v) is 6.52. The van der Waals surface area contributed by atoms with E-state index in [-0.39, 0.29) is 0 Å². The third-order valence-electron chi connectivity index (χ3n) is 3.11. The van der Waals surface area contributed by atoms with Gasteiger partial charge in [0.1, 0.15) is 11.5 Å². The molecule has 2 N–H and O–H groups in total. The first kappa shape index (κ1) is 13.6. The lowest BCUT2D eigenvalue weighted by Crippen LogP contribution is -1.98. The fourth-order valence-corrected chi connectivity index (χ4v) is 1.84. The van der Waals surface area contributed by atoms with Crippen LogP contribution in [-0.4, -0.2) is 4.98 Å². The number of rotatable bonds is 4. The Morgan fingerprint density at radius 2 is 2.00 bits per heavy atom. The van der Waals surface area contributed by atoms with Crippen molar-refractivity contribution in [3.8, 4) is 11.5 Å². The molecular formula is C16H20N2O. The fourth-order valence-electron chi connectivity index (χ4n) is 1.84. The molecule has 1 aromatic carbocycles. The molecule has 0 atom stereocenters. The van der Waals surface area contributed by atoms with Gasteiger partial charge in [-0.2, -0.15) is 0 Å². The highest BCUT2D eigenvalue weighted by Gasteiger charge is 2.06. The molecule has 0 unspecified atom stereocenters. The largest absolute Gasteiger partial charge is 0.455 e. The topological polar surface area (TPSA) is 48.1 Å². The van der Waals surface area contributed by atoms with Crippen LogP contribution in [0.3, 0.4) is 0 Å². The third kappa shape index (κ3) is 3.32. The van der Waals surface area contributed by atoms with Gasteiger partial charge >= 0.3 is 0 Å². The van der Waals surface area contributed by atoms with Gasteiger partial charge in [-0.3, -0.25) is 4.98 Å². The number of ether oxygens (including phenoxy) is 1. The zero-order valence-corrected chi connectivity index (χ0v) is 11.7. The average molecular weight is 256 g/mol. The van der Waals surface area contributed by atoms with Crippen LogP contribution >= 0.6 is 0 Å². The van der Waals surface area contributed by atoms with Gasteiger partial charge in [0, 0.05) is 12.7 Å². The second kappa shape index (κ2) is 5.85. The molecule has 0 aliphatic carbocycles. The van der Waals surface area contributed by atoms with E-state index < -0.39 is 0 Å². The lowest BCUT2D eigenvalue weighted by atomic mass is 10.0. The van der Waals surface area contributed by atoms with Gasteiger partial charge in [-0.05, 0) is 41.7 Å². The second-order valence-corrected chi connectivity index (χ2v) is 5.01. The van der Waals surface area contributed by atoms with Crippen LogP contribution in [0, 0.1) is 6.92 Å². The van der Waals surface area contributed by atoms with Gasteiger partial charge in [0.25, 0.3) is 0 Å². The van der Waals surface area contributed by atoms with Crippen molar-refractivity contribution in [3.63, 3.8) is 0 Å². The molecule has 0 amide bonds. The van der Waals surface area contributed by atoms with Crippen LogP contribution in [0.5, 0.6) is 11.5 Å². The van der Waals surface area contributed by atoms with Crippen molar-refractivity contribution >= 4 is 0 Å². The predicted molar refractivity (Wildman–Crippen MR) is 77.5 cm³/mol. The van der Waals surface area contributed by atoms with Crippen LogP contribution in [0.25, 0.3) is 0 Å². The molecule has 0 bridgehead atoms. The standard InChI is InChI=1S/C16H20N2O/c1-11(2)14-5-4-12(3)16(7-14)19-15-6-13(8-17)9-18-10-15/h4-7,9-11H,8,17H2,1-3H3. The SMILES string of the molecule is Cc1ccc(C(C)C)cc1Oc1cncc(CN)c1. The molecule has 0 saturated heterocycles. The minimum atomic E-state index is 0.467. The average Bonchev–Trinajstić information content (AvgIpc) is 2.41. The van der Waals surface area contributed by atoms with Crippen molar-refractivity contribution in [3.05, 3.63) is 53.3 Å². The summed E-state index contributed by atoms with van der Waals surface area (Å²) in [7, 11) is 0. The number of nitrogens with zero attached hydrogens (tertiary/aromatic N) is 1. The summed E-state index contributed by atoms with van der Waals surface area (Å²) in [5.41, 5.74) is 8.96. The summed E-state index contributed by atoms with van der Waals surface area (Å²) in [6.45, 7) is 6.85. The van der Waals surface area contributed by atoms with Crippen molar-refractivity contribution in [1.29, 1.82) is 0 Å². The van der Waals surface area contributed by atoms with E-state index in [1.165, 1.54) is 5.56 Å². The molecule has 0 saturated carbocycles. The fraction of sp³-hybridized carbons (Fsp3) is 0.312. The smallest absolute Gasteiger partial charge is 0.146 e. The summed E-state index contributed by atoms with van der Waals surface area (Å²) in [5.74, 6) is 2.09. The van der Waals surface area contributed by atoms with Crippen LogP contribution < -0.4 is 10.5 Å². The molecule has 1 heterocycles. The Labute approximate surface area is 114 Å². The van der Waals surface area contributed by atoms with Gasteiger partial charge in [-0.1, -0.05) is 26.0 Å². The number of nitrogens with two attached hydrogens (primary N) is 1. The second-order valence-electron chi connectivity index (χ2n) is 5.01. The normalized spacial score (nSPS) is 10.8. The lowest BCUT2D eigenvalue weighted by Gasteiger charge is -2.12. The summed E-state index contributed by atoms with van der Waals surface area (Å²) in [4.78, 5) is 4.13. The van der Waals surface area contributed by atoms with E-state index in [0.29, 0.717) is 12.5 Å². The molecule has 3 heteroatoms. The monoisotopic (exact) mass is 256 g/mol. The molecule has 0 aliphatic heterocycles. The van der Waals surface area contributed by atoms with E-state index in [1.54, 1.807) is 12.4 Å². The molecule has 0 fully saturated rings. The van der Waals surface area contributed by atoms with Crippen molar-refractivity contribution < 1.29 is 4.74 Å². The van der Waals surface area contributed by atoms with E-state index in [9.17, 15) is 0 Å². The molecule has 100 valence electrons. The van der Waals surface area contributed by atoms with Gasteiger partial charge in [-0.15, -0.1) is 0 Å². The number of hydrogen-bond donors (Lipinski definition) is 1. The first-order valence-electron chi connectivity index (χ1n) is 6.52. The number of aryl methyl sites for hydroxylation is 1. The maximum absolute atomic E-state index is 5.92. The minimum Gasteiger partial charge on any atom is -0.455 e. The van der Waals surface area contributed by atoms with E-state index in [4.69, 9.17) is 10.5 Å². The third-order valence-corrected chi connectivity index (χ3v) is 3.11. The molecule has 2 rings (SSSR count). The minimum absolute atomic E-state index is 0.467. The Hall–Kier alpha value is -1.87. The molecule has 0 aliphatic rings. The van der Waals surface area contributed by atoms with E-state index in [1.807, 2.05) is 13.0 Å². The molecule has 0 spiro atoms. The Bertz CT molecular complexity index is 564. The molecule has 19 heavy (non-hydrogen) atoms. The van der Waals surface area contributed by atoms with Crippen LogP contribution in [0.2, 0.25) is 0 Å². The predicted octanol–water partition coefficient (Wildman–Crippen LogP) is 3.76. The quantitative estimate of drug-likeness (QED) is 0.906. The Morgan fingerprint density at radius 3 is 2.68 bits per heavy atom. The summed E-state index contributed by atoms with van der Waals surface area (Å²) in [6, 6.07) is 8.25. The highest BCUT2D eigenvalue weighted by Crippen LogP contribution is 2.28. The van der Waals surface area contributed by atoms with E-state index in [0.717, 1.165) is 22.6 Å². The first-order chi connectivity index (χ1) is 9.10. The van der Waals surface area contributed by atoms with Crippen molar-refractivity contribution in [2.24, 2.45) is 5.73 Å². The van der Waals surface area contributed by atoms with Crippen molar-refractivity contribution in [2.75, 3.05) is 0 Å². The van der Waals surface area contributed by atoms with Crippen LogP contribution in [-0.2, 0) is 6.54 Å². The van der Waals surface area contributed by atoms with Gasteiger partial charge in [-0.25, -0.2) is 0 Å². The number of pyridine rings is 1. The van der Waals surface area contributed by atoms with Gasteiger partial charge in [0.15, 0.2) is 0 Å². The summed E-state index contributed by atoms with van der Waals surface area (Å²) in [5, 5.41) is 0. The van der Waals surface area contributed by atoms with Crippen LogP contribution in [0.4, 0.5) is 0 Å². The summed E-state index contributed by atoms with van der Waals surface area (Å²) < 4.78 is 5.92. The number of aromatic nitrogens is 1. The maximum Gasteiger partial charge on any atom is 0.146 e. The van der Waals surface area contributed by atoms with Gasteiger partial charge < -0.3 is 10.5 Å². The molecule has 1 aromatic heterocycles. The van der Waals surface area contributed by atoms with Crippen LogP contribution in [0.15, 0.2) is 36.7 Å².